The van der Waals surface area contributed by atoms with Crippen molar-refractivity contribution < 1.29 is 57.2 Å². The van der Waals surface area contributed by atoms with Crippen LogP contribution in [0.15, 0.2) is 91.0 Å². The normalized spacial score (nSPS) is 18.0. The molecule has 1 saturated heterocycles. The molecule has 3 aromatic rings. The van der Waals surface area contributed by atoms with E-state index in [2.05, 4.69) is 0 Å². The average Bonchev–Trinajstić information content (AvgIpc) is 3.19. The molecule has 1 fully saturated rings. The Hall–Kier alpha value is -6.13. The number of hydrogen-bond donors (Lipinski definition) is 1. The third kappa shape index (κ3) is 12.8. The van der Waals surface area contributed by atoms with Gasteiger partial charge in [-0.25, -0.2) is 9.59 Å². The van der Waals surface area contributed by atoms with Gasteiger partial charge in [-0.05, 0) is 18.2 Å². The highest BCUT2D eigenvalue weighted by atomic mass is 16.6. The van der Waals surface area contributed by atoms with Crippen LogP contribution in [-0.2, 0) is 56.1 Å². The van der Waals surface area contributed by atoms with Gasteiger partial charge in [0.25, 0.3) is 0 Å². The van der Waals surface area contributed by atoms with Gasteiger partial charge in [0.15, 0.2) is 11.9 Å². The van der Waals surface area contributed by atoms with Gasteiger partial charge in [0.2, 0.25) is 0 Å². The first kappa shape index (κ1) is 41.6. The third-order valence-corrected chi connectivity index (χ3v) is 8.42. The zero-order valence-electron chi connectivity index (χ0n) is 30.6. The molecule has 3 aromatic carbocycles. The quantitative estimate of drug-likeness (QED) is 0.151. The maximum absolute atomic E-state index is 13.9. The van der Waals surface area contributed by atoms with Gasteiger partial charge < -0.3 is 34.3 Å². The molecule has 16 heteroatoms. The summed E-state index contributed by atoms with van der Waals surface area (Å²) in [6, 6.07) is 25.6. The highest BCUT2D eigenvalue weighted by molar-refractivity contribution is 6.02. The Bertz CT molecular complexity index is 1790. The number of benzene rings is 3. The van der Waals surface area contributed by atoms with Crippen LogP contribution in [0.25, 0.3) is 0 Å². The third-order valence-electron chi connectivity index (χ3n) is 8.42. The van der Waals surface area contributed by atoms with Crippen LogP contribution in [0.3, 0.4) is 0 Å². The highest BCUT2D eigenvalue weighted by Gasteiger charge is 2.42. The van der Waals surface area contributed by atoms with Gasteiger partial charge in [-0.1, -0.05) is 91.0 Å². The van der Waals surface area contributed by atoms with Gasteiger partial charge in [-0.3, -0.25) is 33.8 Å². The lowest BCUT2D eigenvalue weighted by Crippen LogP contribution is -2.57. The molecule has 2 atom stereocenters. The van der Waals surface area contributed by atoms with Crippen LogP contribution in [0, 0.1) is 5.41 Å². The second-order valence-electron chi connectivity index (χ2n) is 13.0. The summed E-state index contributed by atoms with van der Waals surface area (Å²) in [5.74, 6) is -3.96. The SMILES string of the molecule is CN(CC(=O)OCC1(CC(=O)CN)COC(=O)CN(C)C(C(=O)c2ccccc2)N(C(=O)OCc2ccccc2)CC(=O)OC1)C(=O)OCc1ccccc1. The number of nitrogens with zero attached hydrogens (tertiary/aromatic N) is 3. The molecule has 0 radical (unpaired) electrons. The molecule has 16 nitrogen and oxygen atoms in total. The summed E-state index contributed by atoms with van der Waals surface area (Å²) in [6.07, 6.45) is -3.83. The molecule has 4 rings (SSSR count). The van der Waals surface area contributed by atoms with Gasteiger partial charge in [0.1, 0.15) is 51.9 Å². The first-order valence-corrected chi connectivity index (χ1v) is 17.3. The topological polar surface area (TPSA) is 201 Å². The first-order valence-electron chi connectivity index (χ1n) is 17.3. The fourth-order valence-corrected chi connectivity index (χ4v) is 5.51. The van der Waals surface area contributed by atoms with Crippen LogP contribution in [0.5, 0.6) is 0 Å². The summed E-state index contributed by atoms with van der Waals surface area (Å²) in [5.41, 5.74) is 5.54. The molecule has 0 saturated carbocycles. The zero-order chi connectivity index (χ0) is 39.8. The van der Waals surface area contributed by atoms with Crippen molar-refractivity contribution in [2.75, 3.05) is 60.1 Å². The lowest BCUT2D eigenvalue weighted by molar-refractivity contribution is -0.167. The smallest absolute Gasteiger partial charge is 0.412 e. The highest BCUT2D eigenvalue weighted by Crippen LogP contribution is 2.27. The minimum Gasteiger partial charge on any atom is -0.464 e. The second-order valence-corrected chi connectivity index (χ2v) is 13.0. The number of likely N-dealkylation sites (N-methyl/N-ethyl adjacent to an activating group) is 2. The summed E-state index contributed by atoms with van der Waals surface area (Å²) in [7, 11) is 2.71. The van der Waals surface area contributed by atoms with E-state index in [9.17, 15) is 33.6 Å². The average molecular weight is 761 g/mol. The van der Waals surface area contributed by atoms with Gasteiger partial charge >= 0.3 is 30.1 Å². The van der Waals surface area contributed by atoms with Gasteiger partial charge in [-0.2, -0.15) is 0 Å². The Morgan fingerprint density at radius 2 is 1.31 bits per heavy atom. The van der Waals surface area contributed by atoms with Gasteiger partial charge in [-0.15, -0.1) is 0 Å². The van der Waals surface area contributed by atoms with Crippen molar-refractivity contribution in [1.82, 2.24) is 14.7 Å². The van der Waals surface area contributed by atoms with Crippen LogP contribution in [0.4, 0.5) is 9.59 Å². The molecule has 1 aliphatic heterocycles. The predicted molar refractivity (Wildman–Crippen MR) is 194 cm³/mol. The lowest BCUT2D eigenvalue weighted by atomic mass is 9.85. The molecule has 2 amide bonds. The fourth-order valence-electron chi connectivity index (χ4n) is 5.51. The molecule has 2 N–H and O–H groups in total. The number of cyclic esters (lactones) is 2. The van der Waals surface area contributed by atoms with E-state index in [1.54, 1.807) is 72.8 Å². The number of ether oxygens (including phenoxy) is 5. The molecule has 0 spiro atoms. The zero-order valence-corrected chi connectivity index (χ0v) is 30.6. The van der Waals surface area contributed by atoms with Crippen molar-refractivity contribution in [3.05, 3.63) is 108 Å². The van der Waals surface area contributed by atoms with E-state index in [0.29, 0.717) is 5.56 Å². The molecule has 292 valence electrons. The standard InChI is InChI=1S/C39H44N4O12/c1-41-20-32(45)53-25-39(18-31(44)19-40,26-54-33(46)21-42(2)37(49)51-23-28-12-6-3-7-13-28)27-55-34(47)22-43(36(41)35(48)30-16-10-5-11-17-30)38(50)52-24-29-14-8-4-9-15-29/h3-17,36H,18-27,40H2,1-2H3. The summed E-state index contributed by atoms with van der Waals surface area (Å²) in [6.45, 7) is -4.37. The molecule has 1 aliphatic rings. The van der Waals surface area contributed by atoms with Crippen molar-refractivity contribution >= 4 is 41.7 Å². The van der Waals surface area contributed by atoms with Gasteiger partial charge in [0.05, 0.1) is 18.5 Å². The predicted octanol–water partition coefficient (Wildman–Crippen LogP) is 2.58. The lowest BCUT2D eigenvalue weighted by Gasteiger charge is -2.37. The Kier molecular flexibility index (Phi) is 15.4. The van der Waals surface area contributed by atoms with E-state index in [0.717, 1.165) is 15.4 Å². The number of rotatable bonds is 13. The van der Waals surface area contributed by atoms with Crippen LogP contribution in [-0.4, -0.2) is 123 Å². The molecule has 55 heavy (non-hydrogen) atoms. The molecule has 0 bridgehead atoms. The van der Waals surface area contributed by atoms with Crippen LogP contribution >= 0.6 is 0 Å². The minimum absolute atomic E-state index is 0.0291. The molecule has 0 aromatic heterocycles. The molecule has 1 heterocycles. The first-order chi connectivity index (χ1) is 26.4. The Labute approximate surface area is 318 Å². The number of amides is 2. The number of nitrogens with two attached hydrogens (primary N) is 1. The van der Waals surface area contributed by atoms with E-state index in [1.165, 1.54) is 31.1 Å². The molecule has 0 aliphatic carbocycles. The van der Waals surface area contributed by atoms with E-state index in [1.807, 2.05) is 6.07 Å². The monoisotopic (exact) mass is 760 g/mol. The summed E-state index contributed by atoms with van der Waals surface area (Å²) >= 11 is 0. The maximum Gasteiger partial charge on any atom is 0.412 e. The van der Waals surface area contributed by atoms with Gasteiger partial charge in [0, 0.05) is 19.0 Å². The van der Waals surface area contributed by atoms with E-state index in [4.69, 9.17) is 29.4 Å². The maximum atomic E-state index is 13.9. The molecular weight excluding hydrogens is 716 g/mol. The number of Topliss-reactive ketones (excluding diaryl/α,β-unsaturated/α-hetero) is 2. The van der Waals surface area contributed by atoms with Crippen molar-refractivity contribution in [3.8, 4) is 0 Å². The van der Waals surface area contributed by atoms with Crippen molar-refractivity contribution in [2.45, 2.75) is 25.8 Å². The number of ketones is 2. The number of esters is 3. The largest absolute Gasteiger partial charge is 0.464 e. The van der Waals surface area contributed by atoms with E-state index < -0.39 is 106 Å². The Morgan fingerprint density at radius 1 is 0.782 bits per heavy atom. The fraction of sp³-hybridized carbons (Fsp3) is 0.359. The van der Waals surface area contributed by atoms with Crippen molar-refractivity contribution in [2.24, 2.45) is 11.1 Å². The second kappa shape index (κ2) is 20.4. The van der Waals surface area contributed by atoms with Crippen LogP contribution in [0.1, 0.15) is 27.9 Å². The van der Waals surface area contributed by atoms with Crippen LogP contribution in [0.2, 0.25) is 0 Å². The Morgan fingerprint density at radius 3 is 1.87 bits per heavy atom. The number of carbonyl (C=O) groups is 7. The summed E-state index contributed by atoms with van der Waals surface area (Å²) in [5, 5.41) is 0. The minimum atomic E-state index is -1.63. The molecular formula is C39H44N4O12. The van der Waals surface area contributed by atoms with E-state index >= 15 is 0 Å². The summed E-state index contributed by atoms with van der Waals surface area (Å²) in [4.78, 5) is 95.7. The number of carbonyl (C=O) groups excluding carboxylic acids is 7. The summed E-state index contributed by atoms with van der Waals surface area (Å²) < 4.78 is 27.3. The van der Waals surface area contributed by atoms with E-state index in [-0.39, 0.29) is 18.8 Å². The van der Waals surface area contributed by atoms with Crippen molar-refractivity contribution in [3.63, 3.8) is 0 Å². The Balaban J connectivity index is 1.54. The molecule has 2 unspecified atom stereocenters. The van der Waals surface area contributed by atoms with Crippen LogP contribution < -0.4 is 5.73 Å². The van der Waals surface area contributed by atoms with Crippen molar-refractivity contribution in [1.29, 1.82) is 0 Å². The number of hydrogen-bond acceptors (Lipinski definition) is 14.